The molecule has 2 aromatic carbocycles. The maximum absolute atomic E-state index is 13.1. The lowest BCUT2D eigenvalue weighted by molar-refractivity contribution is -0.288. The molecule has 4 rings (SSSR count). The van der Waals surface area contributed by atoms with Crippen molar-refractivity contribution in [3.8, 4) is 16.9 Å². The SMILES string of the molecule is CC(=O)OC[C@@H]1O[C@H](Oc2ccc3c(=O)c(-c4ccccc4)coc3c2)[C@H](OC(C)=O)[C@@H](OC(C)=O)[C@@H]1OC(C)=O. The summed E-state index contributed by atoms with van der Waals surface area (Å²) in [6.07, 6.45) is -5.35. The number of benzene rings is 2. The fraction of sp³-hybridized carbons (Fsp3) is 0.345. The van der Waals surface area contributed by atoms with Crippen molar-refractivity contribution < 1.29 is 52.0 Å². The van der Waals surface area contributed by atoms with E-state index in [0.717, 1.165) is 20.8 Å². The molecule has 0 N–H and O–H groups in total. The minimum absolute atomic E-state index is 0.147. The predicted molar refractivity (Wildman–Crippen MR) is 141 cm³/mol. The highest BCUT2D eigenvalue weighted by atomic mass is 16.7. The quantitative estimate of drug-likeness (QED) is 0.290. The Balaban J connectivity index is 1.70. The van der Waals surface area contributed by atoms with E-state index >= 15 is 0 Å². The molecule has 1 aliphatic rings. The van der Waals surface area contributed by atoms with Gasteiger partial charge in [0.25, 0.3) is 0 Å². The van der Waals surface area contributed by atoms with Gasteiger partial charge in [-0.05, 0) is 17.7 Å². The van der Waals surface area contributed by atoms with E-state index in [1.165, 1.54) is 31.4 Å². The fourth-order valence-electron chi connectivity index (χ4n) is 4.42. The Morgan fingerprint density at radius 2 is 1.41 bits per heavy atom. The minimum atomic E-state index is -1.43. The van der Waals surface area contributed by atoms with Crippen molar-refractivity contribution in [2.24, 2.45) is 0 Å². The highest BCUT2D eigenvalue weighted by Crippen LogP contribution is 2.32. The second-order valence-electron chi connectivity index (χ2n) is 9.19. The summed E-state index contributed by atoms with van der Waals surface area (Å²) in [5.41, 5.74) is 1.03. The van der Waals surface area contributed by atoms with Crippen LogP contribution in [0.2, 0.25) is 0 Å². The number of carbonyl (C=O) groups is 4. The molecule has 216 valence electrons. The molecular weight excluding hydrogens is 540 g/mol. The Morgan fingerprint density at radius 3 is 2.05 bits per heavy atom. The molecule has 0 bridgehead atoms. The standard InChI is InChI=1S/C29H28O12/c1-15(30)35-14-24-26(37-16(2)31)27(38-17(3)32)28(39-18(4)33)29(41-24)40-20-10-11-21-23(12-20)36-13-22(25(21)34)19-8-6-5-7-9-19/h5-13,24,26-29H,14H2,1-4H3/t24-,26+,27-,28+,29-/m0/s1. The molecule has 5 atom stereocenters. The van der Waals surface area contributed by atoms with E-state index in [9.17, 15) is 24.0 Å². The molecule has 12 heteroatoms. The first-order valence-corrected chi connectivity index (χ1v) is 12.6. The molecule has 0 spiro atoms. The van der Waals surface area contributed by atoms with E-state index in [1.54, 1.807) is 12.1 Å². The Hall–Kier alpha value is -4.71. The number of rotatable bonds is 8. The van der Waals surface area contributed by atoms with Crippen LogP contribution in [0.3, 0.4) is 0 Å². The highest BCUT2D eigenvalue weighted by Gasteiger charge is 2.53. The van der Waals surface area contributed by atoms with Crippen molar-refractivity contribution in [2.75, 3.05) is 6.61 Å². The molecule has 1 fully saturated rings. The second-order valence-corrected chi connectivity index (χ2v) is 9.19. The number of esters is 4. The van der Waals surface area contributed by atoms with Gasteiger partial charge in [-0.1, -0.05) is 30.3 Å². The lowest BCUT2D eigenvalue weighted by Crippen LogP contribution is -2.63. The largest absolute Gasteiger partial charge is 0.463 e. The molecule has 1 saturated heterocycles. The van der Waals surface area contributed by atoms with Gasteiger partial charge in [-0.2, -0.15) is 0 Å². The van der Waals surface area contributed by atoms with Crippen LogP contribution in [0, 0.1) is 0 Å². The molecule has 3 aromatic rings. The van der Waals surface area contributed by atoms with Gasteiger partial charge in [0, 0.05) is 33.8 Å². The lowest BCUT2D eigenvalue weighted by atomic mass is 9.98. The van der Waals surface area contributed by atoms with Gasteiger partial charge in [-0.25, -0.2) is 0 Å². The molecular formula is C29H28O12. The number of fused-ring (bicyclic) bond motifs is 1. The first-order valence-electron chi connectivity index (χ1n) is 12.6. The van der Waals surface area contributed by atoms with Gasteiger partial charge in [0.2, 0.25) is 12.4 Å². The van der Waals surface area contributed by atoms with Gasteiger partial charge in [-0.3, -0.25) is 24.0 Å². The minimum Gasteiger partial charge on any atom is -0.463 e. The summed E-state index contributed by atoms with van der Waals surface area (Å²) < 4.78 is 38.9. The predicted octanol–water partition coefficient (Wildman–Crippen LogP) is 2.92. The van der Waals surface area contributed by atoms with Gasteiger partial charge in [0.15, 0.2) is 17.6 Å². The zero-order chi connectivity index (χ0) is 29.7. The summed E-state index contributed by atoms with van der Waals surface area (Å²) in [4.78, 5) is 60.6. The van der Waals surface area contributed by atoms with E-state index < -0.39 is 61.2 Å². The summed E-state index contributed by atoms with van der Waals surface area (Å²) in [5.74, 6) is -2.77. The third-order valence-electron chi connectivity index (χ3n) is 6.03. The number of carbonyl (C=O) groups excluding carboxylic acids is 4. The van der Waals surface area contributed by atoms with Crippen LogP contribution in [-0.4, -0.2) is 61.2 Å². The van der Waals surface area contributed by atoms with Crippen LogP contribution in [0.25, 0.3) is 22.1 Å². The molecule has 41 heavy (non-hydrogen) atoms. The van der Waals surface area contributed by atoms with Crippen LogP contribution in [-0.2, 0) is 42.9 Å². The average Bonchev–Trinajstić information content (AvgIpc) is 2.91. The Kier molecular flexibility index (Phi) is 9.03. The molecule has 2 heterocycles. The first kappa shape index (κ1) is 29.3. The molecule has 1 aromatic heterocycles. The van der Waals surface area contributed by atoms with Crippen molar-refractivity contribution in [2.45, 2.75) is 58.4 Å². The zero-order valence-electron chi connectivity index (χ0n) is 22.7. The van der Waals surface area contributed by atoms with Crippen LogP contribution in [0.5, 0.6) is 5.75 Å². The number of hydrogen-bond acceptors (Lipinski definition) is 12. The van der Waals surface area contributed by atoms with E-state index in [-0.39, 0.29) is 16.8 Å². The zero-order valence-corrected chi connectivity index (χ0v) is 22.7. The Bertz CT molecular complexity index is 1490. The second kappa shape index (κ2) is 12.6. The smallest absolute Gasteiger partial charge is 0.303 e. The summed E-state index contributed by atoms with van der Waals surface area (Å²) >= 11 is 0. The third kappa shape index (κ3) is 7.09. The van der Waals surface area contributed by atoms with Crippen LogP contribution in [0.4, 0.5) is 0 Å². The molecule has 0 aliphatic carbocycles. The van der Waals surface area contributed by atoms with Gasteiger partial charge in [0.05, 0.1) is 10.9 Å². The van der Waals surface area contributed by atoms with E-state index in [0.29, 0.717) is 16.5 Å². The van der Waals surface area contributed by atoms with E-state index in [4.69, 9.17) is 32.8 Å². The van der Waals surface area contributed by atoms with Gasteiger partial charge >= 0.3 is 23.9 Å². The van der Waals surface area contributed by atoms with Crippen molar-refractivity contribution in [1.82, 2.24) is 0 Å². The topological polar surface area (TPSA) is 154 Å². The normalized spacial score (nSPS) is 21.9. The van der Waals surface area contributed by atoms with Crippen molar-refractivity contribution >= 4 is 34.8 Å². The Labute approximate surface area is 234 Å². The van der Waals surface area contributed by atoms with Crippen LogP contribution in [0.15, 0.2) is 64.0 Å². The maximum Gasteiger partial charge on any atom is 0.303 e. The summed E-state index contributed by atoms with van der Waals surface area (Å²) in [7, 11) is 0. The van der Waals surface area contributed by atoms with Gasteiger partial charge in [-0.15, -0.1) is 0 Å². The van der Waals surface area contributed by atoms with Crippen LogP contribution in [0.1, 0.15) is 27.7 Å². The summed E-state index contributed by atoms with van der Waals surface area (Å²) in [5, 5.41) is 0.292. The monoisotopic (exact) mass is 568 g/mol. The first-order chi connectivity index (χ1) is 19.5. The molecule has 0 saturated carbocycles. The van der Waals surface area contributed by atoms with Crippen LogP contribution >= 0.6 is 0 Å². The third-order valence-corrected chi connectivity index (χ3v) is 6.03. The average molecular weight is 569 g/mol. The molecule has 12 nitrogen and oxygen atoms in total. The van der Waals surface area contributed by atoms with Gasteiger partial charge in [0.1, 0.15) is 30.3 Å². The fourth-order valence-corrected chi connectivity index (χ4v) is 4.42. The number of ether oxygens (including phenoxy) is 6. The van der Waals surface area contributed by atoms with Gasteiger partial charge < -0.3 is 32.8 Å². The van der Waals surface area contributed by atoms with Crippen molar-refractivity contribution in [3.63, 3.8) is 0 Å². The summed E-state index contributed by atoms with van der Waals surface area (Å²) in [6.45, 7) is 4.16. The van der Waals surface area contributed by atoms with Crippen molar-refractivity contribution in [3.05, 3.63) is 65.0 Å². The highest BCUT2D eigenvalue weighted by molar-refractivity contribution is 5.82. The maximum atomic E-state index is 13.1. The molecule has 0 amide bonds. The Morgan fingerprint density at radius 1 is 0.780 bits per heavy atom. The lowest BCUT2D eigenvalue weighted by Gasteiger charge is -2.43. The molecule has 0 unspecified atom stereocenters. The van der Waals surface area contributed by atoms with E-state index in [1.807, 2.05) is 18.2 Å². The molecule has 0 radical (unpaired) electrons. The number of hydrogen-bond donors (Lipinski definition) is 0. The molecule has 1 aliphatic heterocycles. The van der Waals surface area contributed by atoms with Crippen LogP contribution < -0.4 is 10.2 Å². The van der Waals surface area contributed by atoms with Crippen molar-refractivity contribution in [1.29, 1.82) is 0 Å². The van der Waals surface area contributed by atoms with E-state index in [2.05, 4.69) is 0 Å². The summed E-state index contributed by atoms with van der Waals surface area (Å²) in [6, 6.07) is 13.5.